The molecule has 7 nitrogen and oxygen atoms in total. The van der Waals surface area contributed by atoms with Crippen LogP contribution in [0.25, 0.3) is 0 Å². The van der Waals surface area contributed by atoms with E-state index in [1.165, 1.54) is 13.8 Å². The molecule has 3 atom stereocenters. The molecule has 0 aromatic heterocycles. The van der Waals surface area contributed by atoms with E-state index in [0.29, 0.717) is 0 Å². The zero-order valence-electron chi connectivity index (χ0n) is 19.9. The van der Waals surface area contributed by atoms with Crippen LogP contribution in [0.5, 0.6) is 0 Å². The van der Waals surface area contributed by atoms with Crippen LogP contribution in [0, 0.1) is 0 Å². The molecule has 0 bridgehead atoms. The van der Waals surface area contributed by atoms with Gasteiger partial charge in [0.2, 0.25) is 0 Å². The third-order valence-electron chi connectivity index (χ3n) is 5.37. The number of carbonyl (C=O) groups excluding carboxylic acids is 2. The number of esters is 2. The molecule has 0 spiro atoms. The molecule has 33 heavy (non-hydrogen) atoms. The summed E-state index contributed by atoms with van der Waals surface area (Å²) in [4.78, 5) is 35.9. The van der Waals surface area contributed by atoms with Crippen molar-refractivity contribution in [1.82, 2.24) is 0 Å². The number of carboxylic acid groups (broad SMARTS) is 1. The van der Waals surface area contributed by atoms with E-state index >= 15 is 0 Å². The first kappa shape index (κ1) is 26.3. The largest absolute Gasteiger partial charge is 0.479 e. The van der Waals surface area contributed by atoms with Crippen LogP contribution in [0.4, 0.5) is 0 Å². The highest BCUT2D eigenvalue weighted by molar-refractivity contribution is 6.99. The normalized spacial score (nSPS) is 14.6. The molecular formula is C25H32O7Si. The first-order valence-corrected chi connectivity index (χ1v) is 12.7. The number of rotatable bonds is 9. The number of hydrogen-bond acceptors (Lipinski definition) is 6. The summed E-state index contributed by atoms with van der Waals surface area (Å²) in [7, 11) is -2.99. The molecule has 0 aliphatic heterocycles. The lowest BCUT2D eigenvalue weighted by atomic mass is 10.2. The smallest absolute Gasteiger partial charge is 0.347 e. The van der Waals surface area contributed by atoms with Crippen LogP contribution < -0.4 is 10.4 Å². The summed E-state index contributed by atoms with van der Waals surface area (Å²) in [5.74, 6) is -2.95. The average molecular weight is 473 g/mol. The Hall–Kier alpha value is -2.97. The molecule has 0 heterocycles. The molecule has 0 saturated carbocycles. The third-order valence-corrected chi connectivity index (χ3v) is 10.5. The second-order valence-corrected chi connectivity index (χ2v) is 13.2. The van der Waals surface area contributed by atoms with Crippen molar-refractivity contribution in [1.29, 1.82) is 0 Å². The van der Waals surface area contributed by atoms with Gasteiger partial charge in [0.1, 0.15) is 6.10 Å². The molecule has 2 rings (SSSR count). The van der Waals surface area contributed by atoms with Crippen molar-refractivity contribution < 1.29 is 33.4 Å². The zero-order chi connectivity index (χ0) is 24.8. The topological polar surface area (TPSA) is 99.1 Å². The Morgan fingerprint density at radius 1 is 0.727 bits per heavy atom. The highest BCUT2D eigenvalue weighted by Crippen LogP contribution is 2.37. The monoisotopic (exact) mass is 472 g/mol. The molecule has 0 fully saturated rings. The Labute approximate surface area is 195 Å². The van der Waals surface area contributed by atoms with E-state index in [-0.39, 0.29) is 5.04 Å². The zero-order valence-corrected chi connectivity index (χ0v) is 20.9. The molecule has 0 unspecified atom stereocenters. The standard InChI is InChI=1S/C25H32O7Si/c1-17(22(26)27)30-23(28)18(2)31-24(29)19(3)32-33(25(4,5)6,20-13-9-7-10-14-20)21-15-11-8-12-16-21/h7-19H,1-6H3,(H,26,27)/t17-,18-,19+/m1/s1. The minimum atomic E-state index is -2.99. The first-order valence-electron chi connectivity index (χ1n) is 10.8. The van der Waals surface area contributed by atoms with Gasteiger partial charge in [0, 0.05) is 0 Å². The number of carbonyl (C=O) groups is 3. The van der Waals surface area contributed by atoms with E-state index in [9.17, 15) is 14.4 Å². The lowest BCUT2D eigenvalue weighted by Crippen LogP contribution is -2.68. The molecule has 0 aliphatic carbocycles. The average Bonchev–Trinajstić information content (AvgIpc) is 2.77. The van der Waals surface area contributed by atoms with Crippen molar-refractivity contribution in [2.24, 2.45) is 0 Å². The predicted molar refractivity (Wildman–Crippen MR) is 127 cm³/mol. The summed E-state index contributed by atoms with van der Waals surface area (Å²) in [6, 6.07) is 19.7. The van der Waals surface area contributed by atoms with Crippen LogP contribution in [0.15, 0.2) is 60.7 Å². The molecule has 0 radical (unpaired) electrons. The number of benzene rings is 2. The SMILES string of the molecule is C[C@H](O[Si](c1ccccc1)(c1ccccc1)C(C)(C)C)C(=O)O[C@H](C)C(=O)O[C@H](C)C(=O)O. The summed E-state index contributed by atoms with van der Waals surface area (Å²) < 4.78 is 16.7. The maximum atomic E-state index is 12.9. The van der Waals surface area contributed by atoms with Crippen LogP contribution >= 0.6 is 0 Å². The fourth-order valence-corrected chi connectivity index (χ4v) is 8.28. The van der Waals surface area contributed by atoms with E-state index in [1.807, 2.05) is 60.7 Å². The van der Waals surface area contributed by atoms with E-state index in [0.717, 1.165) is 10.4 Å². The maximum Gasteiger partial charge on any atom is 0.347 e. The van der Waals surface area contributed by atoms with Crippen molar-refractivity contribution in [3.63, 3.8) is 0 Å². The maximum absolute atomic E-state index is 12.9. The van der Waals surface area contributed by atoms with Crippen LogP contribution in [0.3, 0.4) is 0 Å². The van der Waals surface area contributed by atoms with Gasteiger partial charge in [0.15, 0.2) is 12.2 Å². The fraction of sp³-hybridized carbons (Fsp3) is 0.400. The second-order valence-electron chi connectivity index (χ2n) is 8.92. The van der Waals surface area contributed by atoms with Crippen LogP contribution in [0.2, 0.25) is 5.04 Å². The summed E-state index contributed by atoms with van der Waals surface area (Å²) in [5, 5.41) is 10.6. The number of aliphatic carboxylic acids is 1. The van der Waals surface area contributed by atoms with Gasteiger partial charge in [0.25, 0.3) is 8.32 Å². The molecule has 0 aliphatic rings. The van der Waals surface area contributed by atoms with Crippen LogP contribution in [-0.2, 0) is 28.3 Å². The van der Waals surface area contributed by atoms with Crippen molar-refractivity contribution in [3.05, 3.63) is 60.7 Å². The van der Waals surface area contributed by atoms with Crippen molar-refractivity contribution >= 4 is 36.6 Å². The van der Waals surface area contributed by atoms with Gasteiger partial charge in [-0.1, -0.05) is 81.4 Å². The van der Waals surface area contributed by atoms with Crippen molar-refractivity contribution in [2.45, 2.75) is 64.9 Å². The van der Waals surface area contributed by atoms with Gasteiger partial charge < -0.3 is 19.0 Å². The Morgan fingerprint density at radius 3 is 1.52 bits per heavy atom. The third kappa shape index (κ3) is 6.09. The van der Waals surface area contributed by atoms with Gasteiger partial charge in [-0.2, -0.15) is 0 Å². The molecule has 178 valence electrons. The summed E-state index contributed by atoms with van der Waals surface area (Å²) >= 11 is 0. The second kappa shape index (κ2) is 10.8. The Kier molecular flexibility index (Phi) is 8.57. The Balaban J connectivity index is 2.34. The van der Waals surface area contributed by atoms with E-state index in [1.54, 1.807) is 6.92 Å². The van der Waals surface area contributed by atoms with Gasteiger partial charge >= 0.3 is 17.9 Å². The van der Waals surface area contributed by atoms with Crippen molar-refractivity contribution in [2.75, 3.05) is 0 Å². The highest BCUT2D eigenvalue weighted by Gasteiger charge is 2.52. The van der Waals surface area contributed by atoms with Gasteiger partial charge in [-0.25, -0.2) is 14.4 Å². The van der Waals surface area contributed by atoms with Crippen LogP contribution in [-0.4, -0.2) is 49.6 Å². The fourth-order valence-electron chi connectivity index (χ4n) is 3.64. The van der Waals surface area contributed by atoms with Gasteiger partial charge in [-0.15, -0.1) is 0 Å². The Bertz CT molecular complexity index is 914. The van der Waals surface area contributed by atoms with E-state index < -0.39 is 44.5 Å². The molecule has 1 N–H and O–H groups in total. The molecule has 0 amide bonds. The van der Waals surface area contributed by atoms with Gasteiger partial charge in [0.05, 0.1) is 0 Å². The summed E-state index contributed by atoms with van der Waals surface area (Å²) in [6.07, 6.45) is -3.60. The van der Waals surface area contributed by atoms with E-state index in [4.69, 9.17) is 19.0 Å². The number of ether oxygens (including phenoxy) is 2. The number of carboxylic acids is 1. The van der Waals surface area contributed by atoms with Crippen molar-refractivity contribution in [3.8, 4) is 0 Å². The van der Waals surface area contributed by atoms with Crippen LogP contribution in [0.1, 0.15) is 41.5 Å². The summed E-state index contributed by atoms with van der Waals surface area (Å²) in [6.45, 7) is 10.4. The molecule has 2 aromatic carbocycles. The lowest BCUT2D eigenvalue weighted by molar-refractivity contribution is -0.177. The predicted octanol–water partition coefficient (Wildman–Crippen LogP) is 2.90. The Morgan fingerprint density at radius 2 is 1.12 bits per heavy atom. The minimum Gasteiger partial charge on any atom is -0.479 e. The quantitative estimate of drug-likeness (QED) is 0.442. The molecule has 8 heteroatoms. The van der Waals surface area contributed by atoms with Gasteiger partial charge in [-0.05, 0) is 36.2 Å². The number of hydrogen-bond donors (Lipinski definition) is 1. The van der Waals surface area contributed by atoms with Gasteiger partial charge in [-0.3, -0.25) is 0 Å². The summed E-state index contributed by atoms with van der Waals surface area (Å²) in [5.41, 5.74) is 0. The lowest BCUT2D eigenvalue weighted by Gasteiger charge is -2.44. The minimum absolute atomic E-state index is 0.342. The van der Waals surface area contributed by atoms with E-state index in [2.05, 4.69) is 20.8 Å². The molecular weight excluding hydrogens is 440 g/mol. The molecule has 0 saturated heterocycles. The molecule has 2 aromatic rings. The highest BCUT2D eigenvalue weighted by atomic mass is 28.4. The first-order chi connectivity index (χ1) is 15.4.